The van der Waals surface area contributed by atoms with Crippen LogP contribution in [0, 0.1) is 6.42 Å². The zero-order chi connectivity index (χ0) is 16.5. The van der Waals surface area contributed by atoms with E-state index in [-0.39, 0.29) is 22.4 Å². The van der Waals surface area contributed by atoms with Crippen LogP contribution in [0.25, 0.3) is 0 Å². The van der Waals surface area contributed by atoms with Crippen molar-refractivity contribution in [2.75, 3.05) is 0 Å². The molecule has 2 radical (unpaired) electrons. The Morgan fingerprint density at radius 3 is 0.960 bits per heavy atom. The fourth-order valence-electron chi connectivity index (χ4n) is 2.50. The maximum Gasteiger partial charge on any atom is 0.00506 e. The minimum absolute atomic E-state index is 0. The molecule has 4 rings (SSSR count). The van der Waals surface area contributed by atoms with Crippen LogP contribution >= 0.6 is 7.92 Å². The quantitative estimate of drug-likeness (QED) is 0.411. The van der Waals surface area contributed by atoms with Crippen LogP contribution in [0.2, 0.25) is 0 Å². The second-order valence-electron chi connectivity index (χ2n) is 5.30. The first-order chi connectivity index (χ1) is 11.9. The van der Waals surface area contributed by atoms with Crippen LogP contribution in [0.4, 0.5) is 0 Å². The van der Waals surface area contributed by atoms with E-state index in [0.717, 1.165) is 0 Å². The number of allylic oxidation sites excluding steroid dienone is 4. The van der Waals surface area contributed by atoms with Gasteiger partial charge in [-0.3, -0.25) is 0 Å². The minimum atomic E-state index is -0.446. The van der Waals surface area contributed by atoms with Crippen molar-refractivity contribution < 1.29 is 22.4 Å². The second kappa shape index (κ2) is 11.0. The van der Waals surface area contributed by atoms with Crippen LogP contribution < -0.4 is 15.9 Å². The smallest absolute Gasteiger partial charge is 0.00506 e. The molecule has 1 aliphatic carbocycles. The summed E-state index contributed by atoms with van der Waals surface area (Å²) in [5.41, 5.74) is 0. The van der Waals surface area contributed by atoms with E-state index in [1.165, 1.54) is 15.9 Å². The maximum absolute atomic E-state index is 2.23. The standard InChI is InChI=1S/C18H15P.C5H5.Ag/c1-4-10-16(11-5-1)19(17-12-6-2-7-13-17)18-14-8-3-9-15-18;1-2-4-5-3-1;/h1-15H;1-5H;. The maximum atomic E-state index is 2.23. The van der Waals surface area contributed by atoms with Gasteiger partial charge in [0.1, 0.15) is 0 Å². The molecule has 0 unspecified atom stereocenters. The summed E-state index contributed by atoms with van der Waals surface area (Å²) in [6.45, 7) is 0. The second-order valence-corrected chi connectivity index (χ2v) is 7.52. The van der Waals surface area contributed by atoms with Gasteiger partial charge in [0.15, 0.2) is 0 Å². The molecule has 25 heavy (non-hydrogen) atoms. The summed E-state index contributed by atoms with van der Waals surface area (Å²) in [6.07, 6.45) is 10.0. The molecule has 128 valence electrons. The van der Waals surface area contributed by atoms with E-state index < -0.39 is 7.92 Å². The van der Waals surface area contributed by atoms with Gasteiger partial charge in [0, 0.05) is 28.8 Å². The van der Waals surface area contributed by atoms with Gasteiger partial charge in [-0.1, -0.05) is 115 Å². The Balaban J connectivity index is 0.000000325. The molecule has 0 saturated heterocycles. The molecule has 3 aromatic rings. The Morgan fingerprint density at radius 1 is 0.400 bits per heavy atom. The van der Waals surface area contributed by atoms with E-state index in [9.17, 15) is 0 Å². The van der Waals surface area contributed by atoms with Crippen LogP contribution in [0.5, 0.6) is 0 Å². The van der Waals surface area contributed by atoms with Gasteiger partial charge in [-0.05, 0) is 23.8 Å². The van der Waals surface area contributed by atoms with Gasteiger partial charge in [0.2, 0.25) is 0 Å². The first-order valence-electron chi connectivity index (χ1n) is 8.07. The van der Waals surface area contributed by atoms with Crippen LogP contribution in [0.1, 0.15) is 0 Å². The van der Waals surface area contributed by atoms with E-state index in [2.05, 4.69) is 91.0 Å². The molecule has 0 atom stereocenters. The molecule has 3 aromatic carbocycles. The molecule has 0 aliphatic heterocycles. The summed E-state index contributed by atoms with van der Waals surface area (Å²) in [6, 6.07) is 32.3. The van der Waals surface area contributed by atoms with Crippen molar-refractivity contribution in [2.24, 2.45) is 0 Å². The Labute approximate surface area is 167 Å². The Hall–Kier alpha value is -1.69. The topological polar surface area (TPSA) is 0 Å². The first kappa shape index (κ1) is 19.6. The Morgan fingerprint density at radius 2 is 0.720 bits per heavy atom. The van der Waals surface area contributed by atoms with Gasteiger partial charge in [-0.15, -0.1) is 0 Å². The van der Waals surface area contributed by atoms with Crippen LogP contribution in [0.3, 0.4) is 0 Å². The van der Waals surface area contributed by atoms with Crippen molar-refractivity contribution >= 4 is 23.8 Å². The molecule has 0 nitrogen and oxygen atoms in total. The molecule has 2 heteroatoms. The number of hydrogen-bond acceptors (Lipinski definition) is 0. The molecule has 1 aliphatic rings. The SMILES string of the molecule is [Ag].[CH]1C=CC=C1.c1ccc(P(c2ccccc2)c2ccccc2)cc1. The molecule has 0 aromatic heterocycles. The average molecular weight is 435 g/mol. The molecule has 0 spiro atoms. The minimum Gasteiger partial charge on any atom is -0.0767 e. The zero-order valence-electron chi connectivity index (χ0n) is 13.8. The average Bonchev–Trinajstić information content (AvgIpc) is 3.25. The summed E-state index contributed by atoms with van der Waals surface area (Å²) in [7, 11) is -0.446. The first-order valence-corrected chi connectivity index (χ1v) is 9.41. The zero-order valence-corrected chi connectivity index (χ0v) is 16.2. The van der Waals surface area contributed by atoms with Crippen molar-refractivity contribution in [1.29, 1.82) is 0 Å². The molecule has 0 bridgehead atoms. The number of benzene rings is 3. The van der Waals surface area contributed by atoms with Gasteiger partial charge >= 0.3 is 0 Å². The third-order valence-electron chi connectivity index (χ3n) is 3.60. The van der Waals surface area contributed by atoms with E-state index >= 15 is 0 Å². The molecule has 0 fully saturated rings. The van der Waals surface area contributed by atoms with E-state index in [0.29, 0.717) is 0 Å². The van der Waals surface area contributed by atoms with Gasteiger partial charge < -0.3 is 0 Å². The molecule has 0 heterocycles. The normalized spacial score (nSPS) is 11.6. The molecular formula is C23H20AgP. The third-order valence-corrected chi connectivity index (χ3v) is 6.04. The van der Waals surface area contributed by atoms with Crippen molar-refractivity contribution in [2.45, 2.75) is 0 Å². The monoisotopic (exact) mass is 434 g/mol. The van der Waals surface area contributed by atoms with E-state index in [1.807, 2.05) is 30.7 Å². The van der Waals surface area contributed by atoms with Gasteiger partial charge in [-0.2, -0.15) is 0 Å². The molecule has 0 saturated carbocycles. The summed E-state index contributed by atoms with van der Waals surface area (Å²) in [5.74, 6) is 0. The van der Waals surface area contributed by atoms with E-state index in [1.54, 1.807) is 0 Å². The fraction of sp³-hybridized carbons (Fsp3) is 0. The van der Waals surface area contributed by atoms with Crippen molar-refractivity contribution in [3.05, 3.63) is 122 Å². The Bertz CT molecular complexity index is 676. The fourth-order valence-corrected chi connectivity index (χ4v) is 4.80. The van der Waals surface area contributed by atoms with Gasteiger partial charge in [0.05, 0.1) is 0 Å². The summed E-state index contributed by atoms with van der Waals surface area (Å²) >= 11 is 0. The van der Waals surface area contributed by atoms with Crippen LogP contribution in [-0.4, -0.2) is 0 Å². The van der Waals surface area contributed by atoms with Crippen LogP contribution in [-0.2, 0) is 22.4 Å². The largest absolute Gasteiger partial charge is 0.0767 e. The number of hydrogen-bond donors (Lipinski definition) is 0. The summed E-state index contributed by atoms with van der Waals surface area (Å²) in [5, 5.41) is 4.19. The molecule has 0 amide bonds. The number of rotatable bonds is 3. The predicted molar refractivity (Wildman–Crippen MR) is 108 cm³/mol. The summed E-state index contributed by atoms with van der Waals surface area (Å²) < 4.78 is 0. The van der Waals surface area contributed by atoms with Crippen molar-refractivity contribution in [3.8, 4) is 0 Å². The Kier molecular flexibility index (Phi) is 8.66. The van der Waals surface area contributed by atoms with Gasteiger partial charge in [0.25, 0.3) is 0 Å². The van der Waals surface area contributed by atoms with Gasteiger partial charge in [-0.25, -0.2) is 0 Å². The predicted octanol–water partition coefficient (Wildman–Crippen LogP) is 4.76. The molecule has 0 N–H and O–H groups in total. The van der Waals surface area contributed by atoms with Crippen LogP contribution in [0.15, 0.2) is 115 Å². The third kappa shape index (κ3) is 5.96. The van der Waals surface area contributed by atoms with Crippen molar-refractivity contribution in [3.63, 3.8) is 0 Å². The molecular weight excluding hydrogens is 415 g/mol. The van der Waals surface area contributed by atoms with E-state index in [4.69, 9.17) is 0 Å². The summed E-state index contributed by atoms with van der Waals surface area (Å²) in [4.78, 5) is 0. The van der Waals surface area contributed by atoms with Crippen molar-refractivity contribution in [1.82, 2.24) is 0 Å².